The molecule has 2 aromatic rings. The molecule has 1 aromatic carbocycles. The highest BCUT2D eigenvalue weighted by Crippen LogP contribution is 2.18. The number of anilines is 1. The minimum absolute atomic E-state index is 0.0746. The van der Waals surface area contributed by atoms with Crippen molar-refractivity contribution in [3.63, 3.8) is 0 Å². The fourth-order valence-electron chi connectivity index (χ4n) is 3.43. The maximum atomic E-state index is 14.0. The van der Waals surface area contributed by atoms with Gasteiger partial charge in [-0.25, -0.2) is 9.18 Å². The van der Waals surface area contributed by atoms with E-state index in [0.29, 0.717) is 12.2 Å². The molecule has 2 heterocycles. The van der Waals surface area contributed by atoms with Gasteiger partial charge in [0.1, 0.15) is 11.9 Å². The molecule has 1 aromatic heterocycles. The summed E-state index contributed by atoms with van der Waals surface area (Å²) in [7, 11) is 1.36. The number of carbonyl (C=O) groups is 1. The Morgan fingerprint density at radius 3 is 2.73 bits per heavy atom. The molecule has 1 saturated heterocycles. The fourth-order valence-corrected chi connectivity index (χ4v) is 3.43. The maximum Gasteiger partial charge on any atom is 0.407 e. The van der Waals surface area contributed by atoms with Gasteiger partial charge in [0.15, 0.2) is 0 Å². The molecular formula is C19H24FN4O2+. The van der Waals surface area contributed by atoms with E-state index in [2.05, 4.69) is 19.9 Å². The van der Waals surface area contributed by atoms with E-state index in [-0.39, 0.29) is 11.9 Å². The summed E-state index contributed by atoms with van der Waals surface area (Å²) in [6.07, 6.45) is 3.13. The molecule has 1 aliphatic heterocycles. The van der Waals surface area contributed by atoms with E-state index < -0.39 is 6.09 Å². The lowest BCUT2D eigenvalue weighted by Gasteiger charge is -2.37. The molecule has 0 aliphatic carbocycles. The monoisotopic (exact) mass is 359 g/mol. The van der Waals surface area contributed by atoms with Crippen LogP contribution in [0.4, 0.5) is 14.9 Å². The van der Waals surface area contributed by atoms with Crippen LogP contribution in [-0.4, -0.2) is 50.9 Å². The SMILES string of the molecule is COC(=O)NCC(c1cccnc1)[NH+]1CCN(c2ccccc2F)CC1. The van der Waals surface area contributed by atoms with Gasteiger partial charge in [-0.3, -0.25) is 4.98 Å². The first kappa shape index (κ1) is 18.1. The summed E-state index contributed by atoms with van der Waals surface area (Å²) >= 11 is 0. The lowest BCUT2D eigenvalue weighted by atomic mass is 10.1. The number of piperazine rings is 1. The van der Waals surface area contributed by atoms with Crippen molar-refractivity contribution in [2.45, 2.75) is 6.04 Å². The molecule has 1 fully saturated rings. The third-order valence-electron chi connectivity index (χ3n) is 4.81. The molecular weight excluding hydrogens is 335 g/mol. The van der Waals surface area contributed by atoms with Crippen LogP contribution < -0.4 is 15.1 Å². The first-order chi connectivity index (χ1) is 12.7. The number of aromatic nitrogens is 1. The lowest BCUT2D eigenvalue weighted by Crippen LogP contribution is -3.15. The van der Waals surface area contributed by atoms with E-state index in [1.54, 1.807) is 12.3 Å². The molecule has 1 aliphatic rings. The topological polar surface area (TPSA) is 58.9 Å². The third-order valence-corrected chi connectivity index (χ3v) is 4.81. The number of hydrogen-bond donors (Lipinski definition) is 2. The number of nitrogens with zero attached hydrogens (tertiary/aromatic N) is 2. The Hall–Kier alpha value is -2.67. The predicted molar refractivity (Wildman–Crippen MR) is 96.7 cm³/mol. The van der Waals surface area contributed by atoms with Gasteiger partial charge in [-0.15, -0.1) is 0 Å². The summed E-state index contributed by atoms with van der Waals surface area (Å²) in [4.78, 5) is 19.1. The van der Waals surface area contributed by atoms with E-state index in [0.717, 1.165) is 31.7 Å². The normalized spacial score (nSPS) is 16.2. The van der Waals surface area contributed by atoms with Gasteiger partial charge in [0.05, 0.1) is 45.5 Å². The molecule has 0 spiro atoms. The van der Waals surface area contributed by atoms with Crippen LogP contribution in [0.1, 0.15) is 11.6 Å². The zero-order valence-electron chi connectivity index (χ0n) is 14.8. The van der Waals surface area contributed by atoms with Crippen LogP contribution in [0.15, 0.2) is 48.8 Å². The van der Waals surface area contributed by atoms with Gasteiger partial charge < -0.3 is 19.9 Å². The number of amides is 1. The van der Waals surface area contributed by atoms with Gasteiger partial charge in [0.25, 0.3) is 0 Å². The number of ether oxygens (including phenoxy) is 1. The zero-order chi connectivity index (χ0) is 18.4. The van der Waals surface area contributed by atoms with Crippen molar-refractivity contribution in [2.24, 2.45) is 0 Å². The summed E-state index contributed by atoms with van der Waals surface area (Å²) in [6.45, 7) is 3.66. The van der Waals surface area contributed by atoms with Crippen molar-refractivity contribution in [3.8, 4) is 0 Å². The van der Waals surface area contributed by atoms with Gasteiger partial charge in [0.2, 0.25) is 0 Å². The predicted octanol–water partition coefficient (Wildman–Crippen LogP) is 1.02. The second-order valence-electron chi connectivity index (χ2n) is 6.31. The van der Waals surface area contributed by atoms with Crippen molar-refractivity contribution < 1.29 is 18.8 Å². The Bertz CT molecular complexity index is 720. The summed E-state index contributed by atoms with van der Waals surface area (Å²) in [5.41, 5.74) is 1.72. The molecule has 138 valence electrons. The number of methoxy groups -OCH3 is 1. The average Bonchev–Trinajstić information content (AvgIpc) is 2.70. The van der Waals surface area contributed by atoms with Crippen LogP contribution in [0.3, 0.4) is 0 Å². The van der Waals surface area contributed by atoms with Crippen LogP contribution in [0.25, 0.3) is 0 Å². The van der Waals surface area contributed by atoms with Gasteiger partial charge in [-0.2, -0.15) is 0 Å². The first-order valence-corrected chi connectivity index (χ1v) is 8.75. The molecule has 0 radical (unpaired) electrons. The Morgan fingerprint density at radius 1 is 1.31 bits per heavy atom. The second-order valence-corrected chi connectivity index (χ2v) is 6.31. The zero-order valence-corrected chi connectivity index (χ0v) is 14.8. The van der Waals surface area contributed by atoms with Crippen LogP contribution in [0, 0.1) is 5.82 Å². The quantitative estimate of drug-likeness (QED) is 0.837. The number of carbonyl (C=O) groups excluding carboxylic acids is 1. The summed E-state index contributed by atoms with van der Waals surface area (Å²) in [5.74, 6) is -0.188. The Labute approximate surface area is 152 Å². The highest BCUT2D eigenvalue weighted by molar-refractivity contribution is 5.66. The van der Waals surface area contributed by atoms with E-state index in [9.17, 15) is 9.18 Å². The van der Waals surface area contributed by atoms with E-state index in [1.807, 2.05) is 30.5 Å². The summed E-state index contributed by atoms with van der Waals surface area (Å²) in [6, 6.07) is 10.9. The van der Waals surface area contributed by atoms with Crippen LogP contribution in [-0.2, 0) is 4.74 Å². The van der Waals surface area contributed by atoms with Crippen LogP contribution in [0.5, 0.6) is 0 Å². The fraction of sp³-hybridized carbons (Fsp3) is 0.368. The van der Waals surface area contributed by atoms with E-state index >= 15 is 0 Å². The van der Waals surface area contributed by atoms with Gasteiger partial charge in [-0.05, 0) is 24.3 Å². The Morgan fingerprint density at radius 2 is 2.08 bits per heavy atom. The molecule has 0 saturated carbocycles. The van der Waals surface area contributed by atoms with Gasteiger partial charge >= 0.3 is 6.09 Å². The maximum absolute atomic E-state index is 14.0. The minimum Gasteiger partial charge on any atom is -0.453 e. The van der Waals surface area contributed by atoms with E-state index in [1.165, 1.54) is 18.1 Å². The number of quaternary nitrogens is 1. The van der Waals surface area contributed by atoms with Crippen molar-refractivity contribution in [2.75, 3.05) is 44.7 Å². The van der Waals surface area contributed by atoms with Gasteiger partial charge in [0, 0.05) is 18.0 Å². The number of hydrogen-bond acceptors (Lipinski definition) is 4. The molecule has 1 unspecified atom stereocenters. The molecule has 1 amide bonds. The lowest BCUT2D eigenvalue weighted by molar-refractivity contribution is -0.931. The molecule has 2 N–H and O–H groups in total. The average molecular weight is 359 g/mol. The molecule has 7 heteroatoms. The number of nitrogens with one attached hydrogen (secondary N) is 2. The third kappa shape index (κ3) is 4.29. The number of benzene rings is 1. The number of rotatable bonds is 5. The Kier molecular flexibility index (Phi) is 6.01. The van der Waals surface area contributed by atoms with E-state index in [4.69, 9.17) is 0 Å². The molecule has 3 rings (SSSR count). The molecule has 26 heavy (non-hydrogen) atoms. The largest absolute Gasteiger partial charge is 0.453 e. The van der Waals surface area contributed by atoms with Crippen molar-refractivity contribution in [1.82, 2.24) is 10.3 Å². The highest BCUT2D eigenvalue weighted by atomic mass is 19.1. The standard InChI is InChI=1S/C19H23FN4O2/c1-26-19(25)22-14-18(15-5-4-8-21-13-15)24-11-9-23(10-12-24)17-7-3-2-6-16(17)20/h2-8,13,18H,9-12,14H2,1H3,(H,22,25)/p+1. The highest BCUT2D eigenvalue weighted by Gasteiger charge is 2.30. The second kappa shape index (κ2) is 8.62. The number of halogens is 1. The molecule has 1 atom stereocenters. The minimum atomic E-state index is -0.441. The van der Waals surface area contributed by atoms with Crippen molar-refractivity contribution in [1.29, 1.82) is 0 Å². The number of pyridine rings is 1. The summed E-state index contributed by atoms with van der Waals surface area (Å²) in [5, 5.41) is 2.80. The van der Waals surface area contributed by atoms with Crippen LogP contribution >= 0.6 is 0 Å². The van der Waals surface area contributed by atoms with Crippen LogP contribution in [0.2, 0.25) is 0 Å². The molecule has 6 nitrogen and oxygen atoms in total. The van der Waals surface area contributed by atoms with Gasteiger partial charge in [-0.1, -0.05) is 12.1 Å². The smallest absolute Gasteiger partial charge is 0.407 e. The number of alkyl carbamates (subject to hydrolysis) is 1. The molecule has 0 bridgehead atoms. The number of para-hydroxylation sites is 1. The van der Waals surface area contributed by atoms with Crippen molar-refractivity contribution >= 4 is 11.8 Å². The first-order valence-electron chi connectivity index (χ1n) is 8.75. The van der Waals surface area contributed by atoms with Crippen molar-refractivity contribution in [3.05, 3.63) is 60.2 Å². The Balaban J connectivity index is 1.68. The summed E-state index contributed by atoms with van der Waals surface area (Å²) < 4.78 is 18.7.